The molecule has 1 rings (SSSR count). The monoisotopic (exact) mass is 294 g/mol. The second-order valence-electron chi connectivity index (χ2n) is 4.50. The number of benzene rings is 1. The molecule has 0 spiro atoms. The minimum absolute atomic E-state index is 0.0780. The zero-order valence-corrected chi connectivity index (χ0v) is 12.6. The molecule has 1 atom stereocenters. The molecule has 0 aliphatic heterocycles. The highest BCUT2D eigenvalue weighted by atomic mass is 16.5. The Morgan fingerprint density at radius 2 is 2.00 bits per heavy atom. The largest absolute Gasteiger partial charge is 0.491 e. The Bertz CT molecular complexity index is 476. The summed E-state index contributed by atoms with van der Waals surface area (Å²) in [6.07, 6.45) is 0.957. The summed E-state index contributed by atoms with van der Waals surface area (Å²) in [4.78, 5) is 23.2. The van der Waals surface area contributed by atoms with E-state index in [0.29, 0.717) is 17.9 Å². The third kappa shape index (κ3) is 6.27. The van der Waals surface area contributed by atoms with Gasteiger partial charge in [-0.05, 0) is 38.5 Å². The van der Waals surface area contributed by atoms with Gasteiger partial charge in [0.2, 0.25) is 0 Å². The molecule has 0 bridgehead atoms. The molecule has 0 aromatic heterocycles. The lowest BCUT2D eigenvalue weighted by atomic mass is 10.2. The van der Waals surface area contributed by atoms with E-state index < -0.39 is 11.8 Å². The highest BCUT2D eigenvalue weighted by Crippen LogP contribution is 2.15. The molecular formula is C15H22N2O4. The van der Waals surface area contributed by atoms with Crippen molar-refractivity contribution in [1.82, 2.24) is 10.9 Å². The average molecular weight is 294 g/mol. The highest BCUT2D eigenvalue weighted by molar-refractivity contribution is 5.95. The van der Waals surface area contributed by atoms with Gasteiger partial charge in [-0.25, -0.2) is 0 Å². The molecule has 0 aliphatic carbocycles. The van der Waals surface area contributed by atoms with Gasteiger partial charge in [-0.1, -0.05) is 13.0 Å². The number of nitrogens with one attached hydrogen (secondary N) is 2. The smallest absolute Gasteiger partial charge is 0.269 e. The second-order valence-corrected chi connectivity index (χ2v) is 4.50. The van der Waals surface area contributed by atoms with Gasteiger partial charge in [-0.2, -0.15) is 0 Å². The first-order chi connectivity index (χ1) is 10.1. The van der Waals surface area contributed by atoms with Crippen molar-refractivity contribution in [3.8, 4) is 5.75 Å². The van der Waals surface area contributed by atoms with Crippen LogP contribution in [0, 0.1) is 0 Å². The second kappa shape index (κ2) is 8.97. The van der Waals surface area contributed by atoms with Crippen LogP contribution < -0.4 is 15.6 Å². The van der Waals surface area contributed by atoms with Crippen LogP contribution in [0.4, 0.5) is 0 Å². The zero-order chi connectivity index (χ0) is 15.7. The van der Waals surface area contributed by atoms with Crippen molar-refractivity contribution in [2.75, 3.05) is 13.2 Å². The summed E-state index contributed by atoms with van der Waals surface area (Å²) in [5.74, 6) is -0.190. The zero-order valence-electron chi connectivity index (χ0n) is 12.6. The van der Waals surface area contributed by atoms with Crippen molar-refractivity contribution in [3.63, 3.8) is 0 Å². The third-order valence-corrected chi connectivity index (χ3v) is 2.76. The van der Waals surface area contributed by atoms with Gasteiger partial charge in [-0.15, -0.1) is 0 Å². The fourth-order valence-electron chi connectivity index (χ4n) is 1.46. The van der Waals surface area contributed by atoms with Gasteiger partial charge < -0.3 is 9.47 Å². The van der Waals surface area contributed by atoms with E-state index in [1.807, 2.05) is 13.8 Å². The predicted molar refractivity (Wildman–Crippen MR) is 78.9 cm³/mol. The maximum Gasteiger partial charge on any atom is 0.269 e. The van der Waals surface area contributed by atoms with E-state index in [1.54, 1.807) is 31.2 Å². The lowest BCUT2D eigenvalue weighted by Gasteiger charge is -2.13. The van der Waals surface area contributed by atoms with E-state index in [9.17, 15) is 9.59 Å². The van der Waals surface area contributed by atoms with Crippen LogP contribution in [0.25, 0.3) is 0 Å². The normalized spacial score (nSPS) is 11.6. The first kappa shape index (κ1) is 17.0. The maximum atomic E-state index is 11.9. The van der Waals surface area contributed by atoms with Crippen molar-refractivity contribution in [3.05, 3.63) is 29.8 Å². The van der Waals surface area contributed by atoms with Crippen LogP contribution in [0.1, 0.15) is 37.6 Å². The molecule has 0 radical (unpaired) electrons. The van der Waals surface area contributed by atoms with Crippen molar-refractivity contribution >= 4 is 11.8 Å². The number of rotatable bonds is 7. The molecule has 6 nitrogen and oxygen atoms in total. The molecule has 0 aliphatic rings. The SMILES string of the molecule is CCOCC(=O)NNC(=O)c1cccc(OC(C)CC)c1. The van der Waals surface area contributed by atoms with Gasteiger partial charge in [0.1, 0.15) is 12.4 Å². The fraction of sp³-hybridized carbons (Fsp3) is 0.467. The Hall–Kier alpha value is -2.08. The minimum Gasteiger partial charge on any atom is -0.491 e. The Labute approximate surface area is 124 Å². The van der Waals surface area contributed by atoms with Crippen LogP contribution in [0.3, 0.4) is 0 Å². The average Bonchev–Trinajstić information content (AvgIpc) is 2.50. The summed E-state index contributed by atoms with van der Waals surface area (Å²) in [5.41, 5.74) is 5.02. The topological polar surface area (TPSA) is 76.7 Å². The molecule has 0 saturated heterocycles. The van der Waals surface area contributed by atoms with Crippen LogP contribution in [0.15, 0.2) is 24.3 Å². The number of amides is 2. The number of carbonyl (C=O) groups excluding carboxylic acids is 2. The van der Waals surface area contributed by atoms with Crippen molar-refractivity contribution in [2.45, 2.75) is 33.3 Å². The van der Waals surface area contributed by atoms with Gasteiger partial charge in [0.05, 0.1) is 6.10 Å². The van der Waals surface area contributed by atoms with E-state index in [-0.39, 0.29) is 12.7 Å². The molecule has 1 unspecified atom stereocenters. The molecule has 1 aromatic carbocycles. The first-order valence-corrected chi connectivity index (χ1v) is 7.00. The van der Waals surface area contributed by atoms with E-state index in [4.69, 9.17) is 9.47 Å². The van der Waals surface area contributed by atoms with Crippen LogP contribution >= 0.6 is 0 Å². The van der Waals surface area contributed by atoms with Gasteiger partial charge in [0.25, 0.3) is 11.8 Å². The van der Waals surface area contributed by atoms with Crippen molar-refractivity contribution in [2.24, 2.45) is 0 Å². The molecule has 1 aromatic rings. The molecule has 2 N–H and O–H groups in total. The first-order valence-electron chi connectivity index (χ1n) is 7.00. The number of hydrogen-bond acceptors (Lipinski definition) is 4. The van der Waals surface area contributed by atoms with Crippen LogP contribution in [0.5, 0.6) is 5.75 Å². The Morgan fingerprint density at radius 1 is 1.24 bits per heavy atom. The van der Waals surface area contributed by atoms with Gasteiger partial charge in [0.15, 0.2) is 0 Å². The molecular weight excluding hydrogens is 272 g/mol. The lowest BCUT2D eigenvalue weighted by molar-refractivity contribution is -0.126. The minimum atomic E-state index is -0.408. The Morgan fingerprint density at radius 3 is 2.67 bits per heavy atom. The van der Waals surface area contributed by atoms with E-state index in [1.165, 1.54) is 0 Å². The van der Waals surface area contributed by atoms with Crippen LogP contribution in [-0.2, 0) is 9.53 Å². The van der Waals surface area contributed by atoms with Crippen molar-refractivity contribution in [1.29, 1.82) is 0 Å². The maximum absolute atomic E-state index is 11.9. The molecule has 6 heteroatoms. The number of hydrogen-bond donors (Lipinski definition) is 2. The van der Waals surface area contributed by atoms with E-state index in [0.717, 1.165) is 6.42 Å². The number of hydrazine groups is 1. The summed E-state index contributed by atoms with van der Waals surface area (Å²) < 4.78 is 10.6. The van der Waals surface area contributed by atoms with Crippen LogP contribution in [0.2, 0.25) is 0 Å². The highest BCUT2D eigenvalue weighted by Gasteiger charge is 2.09. The fourth-order valence-corrected chi connectivity index (χ4v) is 1.46. The molecule has 0 saturated carbocycles. The van der Waals surface area contributed by atoms with Gasteiger partial charge in [-0.3, -0.25) is 20.4 Å². The summed E-state index contributed by atoms with van der Waals surface area (Å²) in [6, 6.07) is 6.80. The standard InChI is InChI=1S/C15H22N2O4/c1-4-11(3)21-13-8-6-7-12(9-13)15(19)17-16-14(18)10-20-5-2/h6-9,11H,4-5,10H2,1-3H3,(H,16,18)(H,17,19). The van der Waals surface area contributed by atoms with Crippen LogP contribution in [-0.4, -0.2) is 31.1 Å². The molecule has 21 heavy (non-hydrogen) atoms. The summed E-state index contributed by atoms with van der Waals surface area (Å²) in [6.45, 7) is 6.12. The molecule has 2 amide bonds. The van der Waals surface area contributed by atoms with Gasteiger partial charge >= 0.3 is 0 Å². The Balaban J connectivity index is 2.54. The van der Waals surface area contributed by atoms with E-state index in [2.05, 4.69) is 10.9 Å². The summed E-state index contributed by atoms with van der Waals surface area (Å²) in [7, 11) is 0. The molecule has 116 valence electrons. The lowest BCUT2D eigenvalue weighted by Crippen LogP contribution is -2.43. The summed E-state index contributed by atoms with van der Waals surface area (Å²) >= 11 is 0. The predicted octanol–water partition coefficient (Wildman–Crippen LogP) is 1.66. The van der Waals surface area contributed by atoms with Crippen molar-refractivity contribution < 1.29 is 19.1 Å². The van der Waals surface area contributed by atoms with E-state index >= 15 is 0 Å². The quantitative estimate of drug-likeness (QED) is 0.750. The third-order valence-electron chi connectivity index (χ3n) is 2.76. The summed E-state index contributed by atoms with van der Waals surface area (Å²) in [5, 5.41) is 0. The number of ether oxygens (including phenoxy) is 2. The Kier molecular flexibility index (Phi) is 7.25. The molecule has 0 heterocycles. The van der Waals surface area contributed by atoms with Gasteiger partial charge in [0, 0.05) is 12.2 Å². The number of carbonyl (C=O) groups is 2. The molecule has 0 fully saturated rings.